The third-order valence-corrected chi connectivity index (χ3v) is 2.40. The summed E-state index contributed by atoms with van der Waals surface area (Å²) in [5.74, 6) is -0.516. The van der Waals surface area contributed by atoms with Crippen molar-refractivity contribution < 1.29 is 14.7 Å². The molecular formula is C12H12N4O3. The van der Waals surface area contributed by atoms with Crippen molar-refractivity contribution in [2.45, 2.75) is 12.8 Å². The number of para-hydroxylation sites is 1. The van der Waals surface area contributed by atoms with Gasteiger partial charge in [0.1, 0.15) is 5.75 Å². The van der Waals surface area contributed by atoms with Crippen LogP contribution in [0.3, 0.4) is 0 Å². The van der Waals surface area contributed by atoms with Crippen LogP contribution >= 0.6 is 0 Å². The first kappa shape index (κ1) is 12.7. The number of amides is 2. The van der Waals surface area contributed by atoms with Crippen LogP contribution in [0.15, 0.2) is 34.5 Å². The number of carbonyl (C=O) groups excluding carboxylic acids is 2. The van der Waals surface area contributed by atoms with Gasteiger partial charge < -0.3 is 5.11 Å². The Morgan fingerprint density at radius 1 is 1.53 bits per heavy atom. The predicted octanol–water partition coefficient (Wildman–Crippen LogP) is 0.108. The van der Waals surface area contributed by atoms with Crippen LogP contribution in [0, 0.1) is 0 Å². The highest BCUT2D eigenvalue weighted by molar-refractivity contribution is 6.11. The summed E-state index contributed by atoms with van der Waals surface area (Å²) in [5.41, 5.74) is 5.53. The number of carbonyl (C=O) groups is 2. The predicted molar refractivity (Wildman–Crippen MR) is 68.7 cm³/mol. The van der Waals surface area contributed by atoms with Gasteiger partial charge in [-0.05, 0) is 12.1 Å². The van der Waals surface area contributed by atoms with Crippen molar-refractivity contribution in [3.8, 4) is 5.75 Å². The maximum absolute atomic E-state index is 11.5. The lowest BCUT2D eigenvalue weighted by molar-refractivity contribution is -0.119. The molecule has 0 fully saturated rings. The van der Waals surface area contributed by atoms with Gasteiger partial charge in [-0.2, -0.15) is 10.2 Å². The van der Waals surface area contributed by atoms with Crippen LogP contribution in [0.5, 0.6) is 5.75 Å². The number of nitrogens with zero attached hydrogens (tertiary/aromatic N) is 2. The average molecular weight is 260 g/mol. The standard InChI is InChI=1S/C12H12N4O3/c17-10-4-2-1-3-8(10)7-13-15-11(18)5-9-6-12(19)16-14-9/h1-4,7,17H,5-6H2,(H,15,18)(H,16,19). The molecule has 0 unspecified atom stereocenters. The zero-order chi connectivity index (χ0) is 13.7. The van der Waals surface area contributed by atoms with E-state index in [0.29, 0.717) is 11.3 Å². The molecule has 0 spiro atoms. The summed E-state index contributed by atoms with van der Waals surface area (Å²) in [5, 5.41) is 16.9. The highest BCUT2D eigenvalue weighted by Gasteiger charge is 2.16. The maximum Gasteiger partial charge on any atom is 0.245 e. The smallest absolute Gasteiger partial charge is 0.245 e. The van der Waals surface area contributed by atoms with E-state index in [1.54, 1.807) is 18.2 Å². The number of nitrogens with one attached hydrogen (secondary N) is 2. The van der Waals surface area contributed by atoms with Crippen LogP contribution in [-0.2, 0) is 9.59 Å². The number of aromatic hydroxyl groups is 1. The molecule has 0 saturated carbocycles. The molecule has 0 saturated heterocycles. The SMILES string of the molecule is O=C(CC1=NNC(=O)C1)NN=Cc1ccccc1O. The monoisotopic (exact) mass is 260 g/mol. The largest absolute Gasteiger partial charge is 0.507 e. The molecule has 0 atom stereocenters. The van der Waals surface area contributed by atoms with Crippen LogP contribution in [0.1, 0.15) is 18.4 Å². The van der Waals surface area contributed by atoms with Crippen LogP contribution in [0.25, 0.3) is 0 Å². The van der Waals surface area contributed by atoms with E-state index < -0.39 is 0 Å². The van der Waals surface area contributed by atoms with E-state index in [4.69, 9.17) is 0 Å². The molecule has 0 aromatic heterocycles. The average Bonchev–Trinajstić information content (AvgIpc) is 2.77. The molecule has 3 N–H and O–H groups in total. The molecule has 1 heterocycles. The summed E-state index contributed by atoms with van der Waals surface area (Å²) in [6, 6.07) is 6.61. The minimum absolute atomic E-state index is 0.0108. The Kier molecular flexibility index (Phi) is 3.87. The van der Waals surface area contributed by atoms with Gasteiger partial charge in [0.15, 0.2) is 0 Å². The maximum atomic E-state index is 11.5. The molecule has 0 radical (unpaired) electrons. The Balaban J connectivity index is 1.84. The van der Waals surface area contributed by atoms with Gasteiger partial charge in [0, 0.05) is 5.56 Å². The summed E-state index contributed by atoms with van der Waals surface area (Å²) >= 11 is 0. The van der Waals surface area contributed by atoms with E-state index in [2.05, 4.69) is 21.1 Å². The van der Waals surface area contributed by atoms with Gasteiger partial charge in [-0.3, -0.25) is 9.59 Å². The fourth-order valence-corrected chi connectivity index (χ4v) is 1.50. The summed E-state index contributed by atoms with van der Waals surface area (Å²) < 4.78 is 0. The zero-order valence-electron chi connectivity index (χ0n) is 9.96. The van der Waals surface area contributed by atoms with Crippen molar-refractivity contribution in [3.05, 3.63) is 29.8 Å². The highest BCUT2D eigenvalue weighted by Crippen LogP contribution is 2.12. The molecular weight excluding hydrogens is 248 g/mol. The third kappa shape index (κ3) is 3.63. The summed E-state index contributed by atoms with van der Waals surface area (Å²) in [6.07, 6.45) is 1.49. The van der Waals surface area contributed by atoms with E-state index >= 15 is 0 Å². The molecule has 0 aliphatic carbocycles. The van der Waals surface area contributed by atoms with Crippen LogP contribution < -0.4 is 10.9 Å². The summed E-state index contributed by atoms with van der Waals surface area (Å²) in [4.78, 5) is 22.3. The first-order valence-corrected chi connectivity index (χ1v) is 5.59. The van der Waals surface area contributed by atoms with Gasteiger partial charge in [0.25, 0.3) is 0 Å². The lowest BCUT2D eigenvalue weighted by Crippen LogP contribution is -2.20. The molecule has 1 aromatic rings. The topological polar surface area (TPSA) is 103 Å². The summed E-state index contributed by atoms with van der Waals surface area (Å²) in [7, 11) is 0. The van der Waals surface area contributed by atoms with Crippen molar-refractivity contribution in [2.24, 2.45) is 10.2 Å². The lowest BCUT2D eigenvalue weighted by atomic mass is 10.2. The van der Waals surface area contributed by atoms with Crippen LogP contribution in [0.2, 0.25) is 0 Å². The van der Waals surface area contributed by atoms with Gasteiger partial charge in [0.05, 0.1) is 24.8 Å². The van der Waals surface area contributed by atoms with Gasteiger partial charge in [-0.25, -0.2) is 10.9 Å². The van der Waals surface area contributed by atoms with E-state index in [1.807, 2.05) is 0 Å². The minimum atomic E-state index is -0.373. The number of hydrogen-bond acceptors (Lipinski definition) is 5. The minimum Gasteiger partial charge on any atom is -0.507 e. The van der Waals surface area contributed by atoms with Crippen molar-refractivity contribution >= 4 is 23.7 Å². The van der Waals surface area contributed by atoms with Gasteiger partial charge in [-0.1, -0.05) is 12.1 Å². The van der Waals surface area contributed by atoms with E-state index in [1.165, 1.54) is 12.3 Å². The van der Waals surface area contributed by atoms with Gasteiger partial charge >= 0.3 is 0 Å². The van der Waals surface area contributed by atoms with Crippen molar-refractivity contribution in [3.63, 3.8) is 0 Å². The Labute approximate surface area is 109 Å². The Morgan fingerprint density at radius 2 is 2.32 bits per heavy atom. The first-order valence-electron chi connectivity index (χ1n) is 5.59. The third-order valence-electron chi connectivity index (χ3n) is 2.40. The van der Waals surface area contributed by atoms with Crippen LogP contribution in [-0.4, -0.2) is 28.8 Å². The quantitative estimate of drug-likeness (QED) is 0.528. The Hall–Kier alpha value is -2.70. The molecule has 2 amide bonds. The molecule has 7 nitrogen and oxygen atoms in total. The van der Waals surface area contributed by atoms with Gasteiger partial charge in [0.2, 0.25) is 11.8 Å². The number of benzene rings is 1. The fourth-order valence-electron chi connectivity index (χ4n) is 1.50. The number of hydrazone groups is 2. The van der Waals surface area contributed by atoms with Gasteiger partial charge in [-0.15, -0.1) is 0 Å². The number of hydrogen-bond donors (Lipinski definition) is 3. The molecule has 19 heavy (non-hydrogen) atoms. The highest BCUT2D eigenvalue weighted by atomic mass is 16.3. The molecule has 1 aromatic carbocycles. The Bertz CT molecular complexity index is 566. The van der Waals surface area contributed by atoms with Crippen molar-refractivity contribution in [1.29, 1.82) is 0 Å². The normalized spacial score (nSPS) is 14.3. The fraction of sp³-hybridized carbons (Fsp3) is 0.167. The molecule has 1 aliphatic heterocycles. The Morgan fingerprint density at radius 3 is 3.00 bits per heavy atom. The van der Waals surface area contributed by atoms with E-state index in [9.17, 15) is 14.7 Å². The molecule has 2 rings (SSSR count). The molecule has 0 bridgehead atoms. The van der Waals surface area contributed by atoms with Crippen molar-refractivity contribution in [2.75, 3.05) is 0 Å². The molecule has 1 aliphatic rings. The number of rotatable bonds is 4. The second-order valence-electron chi connectivity index (χ2n) is 3.92. The van der Waals surface area contributed by atoms with E-state index in [0.717, 1.165) is 0 Å². The van der Waals surface area contributed by atoms with Crippen LogP contribution in [0.4, 0.5) is 0 Å². The first-order chi connectivity index (χ1) is 9.15. The number of phenolic OH excluding ortho intramolecular Hbond substituents is 1. The molecule has 98 valence electrons. The summed E-state index contributed by atoms with van der Waals surface area (Å²) in [6.45, 7) is 0. The van der Waals surface area contributed by atoms with Crippen molar-refractivity contribution in [1.82, 2.24) is 10.9 Å². The number of phenols is 1. The van der Waals surface area contributed by atoms with E-state index in [-0.39, 0.29) is 30.4 Å². The zero-order valence-corrected chi connectivity index (χ0v) is 9.96. The second-order valence-corrected chi connectivity index (χ2v) is 3.92. The molecule has 7 heteroatoms. The second kappa shape index (κ2) is 5.76. The lowest BCUT2D eigenvalue weighted by Gasteiger charge is -1.99.